The summed E-state index contributed by atoms with van der Waals surface area (Å²) in [4.78, 5) is 23.3. The van der Waals surface area contributed by atoms with E-state index >= 15 is 0 Å². The van der Waals surface area contributed by atoms with Gasteiger partial charge in [-0.1, -0.05) is 30.3 Å². The Kier molecular flexibility index (Phi) is 9.50. The smallest absolute Gasteiger partial charge is 0.335 e. The molecule has 1 aromatic rings. The van der Waals surface area contributed by atoms with Crippen molar-refractivity contribution in [1.82, 2.24) is 5.32 Å². The summed E-state index contributed by atoms with van der Waals surface area (Å²) in [6.45, 7) is 9.88. The number of hydrogen-bond acceptors (Lipinski definition) is 5. The van der Waals surface area contributed by atoms with Gasteiger partial charge in [0, 0.05) is 6.54 Å². The molecule has 0 bridgehead atoms. The van der Waals surface area contributed by atoms with Crippen LogP contribution in [-0.4, -0.2) is 37.3 Å². The van der Waals surface area contributed by atoms with E-state index in [0.717, 1.165) is 11.1 Å². The molecule has 1 rings (SSSR count). The SMILES string of the molecule is C=CCOC(C)C(=O)OCC(=O)NCc1ccc(COC(C)C)cc1. The normalized spacial score (nSPS) is 11.8. The summed E-state index contributed by atoms with van der Waals surface area (Å²) in [5.74, 6) is -0.942. The first-order chi connectivity index (χ1) is 11.9. The van der Waals surface area contributed by atoms with Crippen molar-refractivity contribution in [3.63, 3.8) is 0 Å². The van der Waals surface area contributed by atoms with Crippen LogP contribution in [0, 0.1) is 0 Å². The first-order valence-corrected chi connectivity index (χ1v) is 8.27. The van der Waals surface area contributed by atoms with E-state index in [-0.39, 0.29) is 25.2 Å². The van der Waals surface area contributed by atoms with E-state index < -0.39 is 12.1 Å². The number of carbonyl (C=O) groups excluding carboxylic acids is 2. The van der Waals surface area contributed by atoms with E-state index in [1.165, 1.54) is 6.08 Å². The highest BCUT2D eigenvalue weighted by Crippen LogP contribution is 2.07. The zero-order valence-corrected chi connectivity index (χ0v) is 15.1. The summed E-state index contributed by atoms with van der Waals surface area (Å²) in [7, 11) is 0. The molecule has 138 valence electrons. The average molecular weight is 349 g/mol. The molecule has 0 spiro atoms. The lowest BCUT2D eigenvalue weighted by molar-refractivity contribution is -0.158. The highest BCUT2D eigenvalue weighted by atomic mass is 16.6. The van der Waals surface area contributed by atoms with Crippen LogP contribution in [0.2, 0.25) is 0 Å². The minimum Gasteiger partial charge on any atom is -0.454 e. The molecule has 0 heterocycles. The Balaban J connectivity index is 2.29. The van der Waals surface area contributed by atoms with Gasteiger partial charge in [-0.25, -0.2) is 4.79 Å². The van der Waals surface area contributed by atoms with Crippen molar-refractivity contribution in [3.8, 4) is 0 Å². The zero-order chi connectivity index (χ0) is 18.7. The Morgan fingerprint density at radius 3 is 2.36 bits per heavy atom. The lowest BCUT2D eigenvalue weighted by atomic mass is 10.1. The van der Waals surface area contributed by atoms with Gasteiger partial charge in [-0.15, -0.1) is 6.58 Å². The molecule has 6 nitrogen and oxygen atoms in total. The summed E-state index contributed by atoms with van der Waals surface area (Å²) < 4.78 is 15.6. The Bertz CT molecular complexity index is 553. The monoisotopic (exact) mass is 349 g/mol. The van der Waals surface area contributed by atoms with Crippen molar-refractivity contribution in [1.29, 1.82) is 0 Å². The van der Waals surface area contributed by atoms with Gasteiger partial charge in [0.25, 0.3) is 5.91 Å². The van der Waals surface area contributed by atoms with Gasteiger partial charge < -0.3 is 19.5 Å². The van der Waals surface area contributed by atoms with E-state index in [1.54, 1.807) is 6.92 Å². The van der Waals surface area contributed by atoms with Crippen molar-refractivity contribution in [2.24, 2.45) is 0 Å². The van der Waals surface area contributed by atoms with Crippen LogP contribution in [0.1, 0.15) is 31.9 Å². The maximum atomic E-state index is 11.7. The number of benzene rings is 1. The number of esters is 1. The Morgan fingerprint density at radius 2 is 1.76 bits per heavy atom. The summed E-state index contributed by atoms with van der Waals surface area (Å²) in [6, 6.07) is 7.78. The molecule has 0 aromatic heterocycles. The molecule has 0 saturated carbocycles. The Hall–Kier alpha value is -2.18. The summed E-state index contributed by atoms with van der Waals surface area (Å²) in [6.07, 6.45) is 0.995. The largest absolute Gasteiger partial charge is 0.454 e. The fraction of sp³-hybridized carbons (Fsp3) is 0.474. The fourth-order valence-corrected chi connectivity index (χ4v) is 1.80. The van der Waals surface area contributed by atoms with Crippen LogP contribution < -0.4 is 5.32 Å². The van der Waals surface area contributed by atoms with Gasteiger partial charge in [-0.05, 0) is 31.9 Å². The molecule has 0 aliphatic heterocycles. The van der Waals surface area contributed by atoms with Crippen LogP contribution in [-0.2, 0) is 37.0 Å². The second-order valence-corrected chi connectivity index (χ2v) is 5.82. The van der Waals surface area contributed by atoms with Crippen molar-refractivity contribution >= 4 is 11.9 Å². The predicted molar refractivity (Wildman–Crippen MR) is 94.8 cm³/mol. The van der Waals surface area contributed by atoms with Crippen molar-refractivity contribution in [2.75, 3.05) is 13.2 Å². The van der Waals surface area contributed by atoms with Gasteiger partial charge >= 0.3 is 5.97 Å². The number of rotatable bonds is 11. The molecule has 1 amide bonds. The highest BCUT2D eigenvalue weighted by Gasteiger charge is 2.15. The second kappa shape index (κ2) is 11.4. The molecule has 0 radical (unpaired) electrons. The van der Waals surface area contributed by atoms with Crippen LogP contribution >= 0.6 is 0 Å². The molecule has 1 unspecified atom stereocenters. The molecular formula is C19H27NO5. The van der Waals surface area contributed by atoms with Crippen molar-refractivity contribution in [3.05, 3.63) is 48.0 Å². The maximum absolute atomic E-state index is 11.7. The zero-order valence-electron chi connectivity index (χ0n) is 15.1. The van der Waals surface area contributed by atoms with Crippen molar-refractivity contribution in [2.45, 2.75) is 46.1 Å². The number of carbonyl (C=O) groups is 2. The van der Waals surface area contributed by atoms with Crippen LogP contribution in [0.3, 0.4) is 0 Å². The fourth-order valence-electron chi connectivity index (χ4n) is 1.80. The lowest BCUT2D eigenvalue weighted by Gasteiger charge is -2.12. The minimum absolute atomic E-state index is 0.187. The number of hydrogen-bond donors (Lipinski definition) is 1. The Morgan fingerprint density at radius 1 is 1.12 bits per heavy atom. The first kappa shape index (κ1) is 20.9. The summed E-state index contributed by atoms with van der Waals surface area (Å²) in [5.41, 5.74) is 2.03. The van der Waals surface area contributed by atoms with E-state index in [4.69, 9.17) is 14.2 Å². The lowest BCUT2D eigenvalue weighted by Crippen LogP contribution is -2.31. The maximum Gasteiger partial charge on any atom is 0.335 e. The van der Waals surface area contributed by atoms with E-state index in [2.05, 4.69) is 11.9 Å². The van der Waals surface area contributed by atoms with Crippen LogP contribution in [0.15, 0.2) is 36.9 Å². The van der Waals surface area contributed by atoms with Gasteiger partial charge in [-0.2, -0.15) is 0 Å². The third kappa shape index (κ3) is 9.02. The molecule has 0 fully saturated rings. The summed E-state index contributed by atoms with van der Waals surface area (Å²) >= 11 is 0. The predicted octanol–water partition coefficient (Wildman–Crippen LogP) is 2.36. The van der Waals surface area contributed by atoms with Crippen LogP contribution in [0.4, 0.5) is 0 Å². The number of nitrogens with one attached hydrogen (secondary N) is 1. The topological polar surface area (TPSA) is 73.9 Å². The standard InChI is InChI=1S/C19H27NO5/c1-5-10-23-15(4)19(22)25-13-18(21)20-11-16-6-8-17(9-7-16)12-24-14(2)3/h5-9,14-15H,1,10-13H2,2-4H3,(H,20,21). The first-order valence-electron chi connectivity index (χ1n) is 8.27. The van der Waals surface area contributed by atoms with Crippen LogP contribution in [0.5, 0.6) is 0 Å². The van der Waals surface area contributed by atoms with Gasteiger partial charge in [0.05, 0.1) is 19.3 Å². The molecule has 25 heavy (non-hydrogen) atoms. The van der Waals surface area contributed by atoms with Gasteiger partial charge in [0.1, 0.15) is 0 Å². The highest BCUT2D eigenvalue weighted by molar-refractivity contribution is 5.81. The molecule has 0 aliphatic carbocycles. The Labute approximate surface area is 149 Å². The second-order valence-electron chi connectivity index (χ2n) is 5.82. The molecule has 6 heteroatoms. The minimum atomic E-state index is -0.730. The average Bonchev–Trinajstić information content (AvgIpc) is 2.61. The summed E-state index contributed by atoms with van der Waals surface area (Å²) in [5, 5.41) is 2.70. The van der Waals surface area contributed by atoms with Crippen molar-refractivity contribution < 1.29 is 23.8 Å². The van der Waals surface area contributed by atoms with E-state index in [1.807, 2.05) is 38.1 Å². The van der Waals surface area contributed by atoms with Crippen LogP contribution in [0.25, 0.3) is 0 Å². The molecule has 0 saturated heterocycles. The molecule has 1 atom stereocenters. The molecule has 1 aromatic carbocycles. The molecule has 0 aliphatic rings. The third-order valence-corrected chi connectivity index (χ3v) is 3.24. The molecular weight excluding hydrogens is 322 g/mol. The van der Waals surface area contributed by atoms with Gasteiger partial charge in [0.2, 0.25) is 0 Å². The third-order valence-electron chi connectivity index (χ3n) is 3.24. The van der Waals surface area contributed by atoms with Gasteiger partial charge in [-0.3, -0.25) is 4.79 Å². The molecule has 1 N–H and O–H groups in total. The number of amides is 1. The quantitative estimate of drug-likeness (QED) is 0.490. The van der Waals surface area contributed by atoms with E-state index in [9.17, 15) is 9.59 Å². The number of ether oxygens (including phenoxy) is 3. The van der Waals surface area contributed by atoms with E-state index in [0.29, 0.717) is 13.2 Å². The van der Waals surface area contributed by atoms with Gasteiger partial charge in [0.15, 0.2) is 12.7 Å².